The zero-order chi connectivity index (χ0) is 14.4. The number of hydrogen-bond acceptors (Lipinski definition) is 5. The van der Waals surface area contributed by atoms with Gasteiger partial charge in [-0.25, -0.2) is 4.98 Å². The topological polar surface area (TPSA) is 59.9 Å². The molecule has 0 atom stereocenters. The minimum absolute atomic E-state index is 0.259. The van der Waals surface area contributed by atoms with Gasteiger partial charge in [0.05, 0.1) is 6.61 Å². The molecule has 0 bridgehead atoms. The lowest BCUT2D eigenvalue weighted by atomic mass is 10.2. The molecule has 0 saturated carbocycles. The van der Waals surface area contributed by atoms with Crippen molar-refractivity contribution in [3.8, 4) is 5.88 Å². The average molecular weight is 272 g/mol. The molecule has 2 heterocycles. The van der Waals surface area contributed by atoms with Gasteiger partial charge in [-0.05, 0) is 18.6 Å². The van der Waals surface area contributed by atoms with Gasteiger partial charge in [0.2, 0.25) is 5.88 Å². The summed E-state index contributed by atoms with van der Waals surface area (Å²) in [5.41, 5.74) is 1.11. The summed E-state index contributed by atoms with van der Waals surface area (Å²) in [4.78, 5) is 13.0. The summed E-state index contributed by atoms with van der Waals surface area (Å²) in [7, 11) is 0. The van der Waals surface area contributed by atoms with Gasteiger partial charge in [-0.1, -0.05) is 19.9 Å². The molecule has 5 heteroatoms. The van der Waals surface area contributed by atoms with E-state index in [1.165, 1.54) is 0 Å². The lowest BCUT2D eigenvalue weighted by molar-refractivity contribution is 0.324. The van der Waals surface area contributed by atoms with E-state index >= 15 is 0 Å². The Morgan fingerprint density at radius 3 is 2.80 bits per heavy atom. The normalized spacial score (nSPS) is 10.6. The number of ether oxygens (including phenoxy) is 1. The molecule has 0 aliphatic rings. The Bertz CT molecular complexity index is 543. The van der Waals surface area contributed by atoms with E-state index in [-0.39, 0.29) is 5.92 Å². The number of pyridine rings is 1. The summed E-state index contributed by atoms with van der Waals surface area (Å²) in [6.45, 7) is 7.34. The summed E-state index contributed by atoms with van der Waals surface area (Å²) >= 11 is 0. The van der Waals surface area contributed by atoms with Crippen molar-refractivity contribution in [1.82, 2.24) is 15.0 Å². The van der Waals surface area contributed by atoms with Crippen molar-refractivity contribution >= 4 is 5.82 Å². The number of rotatable bonds is 6. The van der Waals surface area contributed by atoms with Crippen molar-refractivity contribution in [2.75, 3.05) is 11.9 Å². The van der Waals surface area contributed by atoms with E-state index in [0.29, 0.717) is 19.0 Å². The van der Waals surface area contributed by atoms with Crippen LogP contribution >= 0.6 is 0 Å². The summed E-state index contributed by atoms with van der Waals surface area (Å²) in [5.74, 6) is 2.43. The van der Waals surface area contributed by atoms with Crippen LogP contribution in [-0.2, 0) is 6.54 Å². The number of hydrogen-bond donors (Lipinski definition) is 1. The highest BCUT2D eigenvalue weighted by Gasteiger charge is 2.08. The van der Waals surface area contributed by atoms with E-state index in [1.54, 1.807) is 6.20 Å². The SMILES string of the molecule is CCOc1cc(NCc2cccnc2)nc(C(C)C)n1. The van der Waals surface area contributed by atoms with Gasteiger partial charge in [-0.3, -0.25) is 4.98 Å². The van der Waals surface area contributed by atoms with Crippen LogP contribution in [0.1, 0.15) is 38.1 Å². The van der Waals surface area contributed by atoms with E-state index in [1.807, 2.05) is 31.3 Å². The molecule has 5 nitrogen and oxygen atoms in total. The maximum atomic E-state index is 5.49. The first-order chi connectivity index (χ1) is 9.69. The van der Waals surface area contributed by atoms with Crippen molar-refractivity contribution in [3.05, 3.63) is 42.0 Å². The molecule has 2 aromatic rings. The maximum Gasteiger partial charge on any atom is 0.218 e. The van der Waals surface area contributed by atoms with Gasteiger partial charge < -0.3 is 10.1 Å². The quantitative estimate of drug-likeness (QED) is 0.876. The van der Waals surface area contributed by atoms with Gasteiger partial charge >= 0.3 is 0 Å². The third-order valence-corrected chi connectivity index (χ3v) is 2.72. The fraction of sp³-hybridized carbons (Fsp3) is 0.400. The van der Waals surface area contributed by atoms with Crippen LogP contribution in [0.25, 0.3) is 0 Å². The second-order valence-corrected chi connectivity index (χ2v) is 4.75. The van der Waals surface area contributed by atoms with Crippen molar-refractivity contribution in [3.63, 3.8) is 0 Å². The maximum absolute atomic E-state index is 5.49. The fourth-order valence-electron chi connectivity index (χ4n) is 1.71. The zero-order valence-electron chi connectivity index (χ0n) is 12.1. The molecule has 0 unspecified atom stereocenters. The Morgan fingerprint density at radius 1 is 1.30 bits per heavy atom. The summed E-state index contributed by atoms with van der Waals surface area (Å²) in [6, 6.07) is 5.77. The molecule has 0 radical (unpaired) electrons. The summed E-state index contributed by atoms with van der Waals surface area (Å²) in [6.07, 6.45) is 3.60. The van der Waals surface area contributed by atoms with Crippen molar-refractivity contribution in [2.45, 2.75) is 33.2 Å². The van der Waals surface area contributed by atoms with Crippen LogP contribution < -0.4 is 10.1 Å². The van der Waals surface area contributed by atoms with Crippen LogP contribution in [-0.4, -0.2) is 21.6 Å². The van der Waals surface area contributed by atoms with E-state index < -0.39 is 0 Å². The van der Waals surface area contributed by atoms with Crippen LogP contribution in [0.4, 0.5) is 5.82 Å². The Morgan fingerprint density at radius 2 is 2.15 bits per heavy atom. The van der Waals surface area contributed by atoms with Gasteiger partial charge in [0.15, 0.2) is 0 Å². The lowest BCUT2D eigenvalue weighted by Gasteiger charge is -2.11. The highest BCUT2D eigenvalue weighted by Crippen LogP contribution is 2.19. The standard InChI is InChI=1S/C15H20N4O/c1-4-20-14-8-13(18-15(19-14)11(2)3)17-10-12-6-5-7-16-9-12/h5-9,11H,4,10H2,1-3H3,(H,17,18,19). The molecule has 2 aromatic heterocycles. The molecular weight excluding hydrogens is 252 g/mol. The van der Waals surface area contributed by atoms with Crippen LogP contribution in [0.3, 0.4) is 0 Å². The number of nitrogens with zero attached hydrogens (tertiary/aromatic N) is 3. The third-order valence-electron chi connectivity index (χ3n) is 2.72. The minimum atomic E-state index is 0.259. The lowest BCUT2D eigenvalue weighted by Crippen LogP contribution is -2.07. The summed E-state index contributed by atoms with van der Waals surface area (Å²) in [5, 5.41) is 3.28. The van der Waals surface area contributed by atoms with E-state index in [4.69, 9.17) is 4.74 Å². The Balaban J connectivity index is 2.13. The molecular formula is C15H20N4O. The first-order valence-electron chi connectivity index (χ1n) is 6.83. The van der Waals surface area contributed by atoms with Gasteiger partial charge in [0.1, 0.15) is 11.6 Å². The van der Waals surface area contributed by atoms with Crippen LogP contribution in [0.5, 0.6) is 5.88 Å². The number of anilines is 1. The molecule has 2 rings (SSSR count). The van der Waals surface area contributed by atoms with Gasteiger partial charge in [-0.15, -0.1) is 0 Å². The van der Waals surface area contributed by atoms with Crippen LogP contribution in [0.2, 0.25) is 0 Å². The first kappa shape index (κ1) is 14.2. The number of nitrogens with one attached hydrogen (secondary N) is 1. The third kappa shape index (κ3) is 3.91. The summed E-state index contributed by atoms with van der Waals surface area (Å²) < 4.78 is 5.49. The van der Waals surface area contributed by atoms with E-state index in [9.17, 15) is 0 Å². The van der Waals surface area contributed by atoms with Crippen LogP contribution in [0, 0.1) is 0 Å². The molecule has 0 amide bonds. The van der Waals surface area contributed by atoms with Crippen molar-refractivity contribution in [2.24, 2.45) is 0 Å². The second kappa shape index (κ2) is 6.84. The Kier molecular flexibility index (Phi) is 4.87. The highest BCUT2D eigenvalue weighted by molar-refractivity contribution is 5.39. The zero-order valence-corrected chi connectivity index (χ0v) is 12.1. The van der Waals surface area contributed by atoms with Gasteiger partial charge in [0, 0.05) is 30.9 Å². The first-order valence-corrected chi connectivity index (χ1v) is 6.83. The Labute approximate surface area is 119 Å². The molecule has 1 N–H and O–H groups in total. The van der Waals surface area contributed by atoms with Crippen molar-refractivity contribution in [1.29, 1.82) is 0 Å². The number of aromatic nitrogens is 3. The molecule has 20 heavy (non-hydrogen) atoms. The van der Waals surface area contributed by atoms with Crippen molar-refractivity contribution < 1.29 is 4.74 Å². The molecule has 0 fully saturated rings. The van der Waals surface area contributed by atoms with E-state index in [0.717, 1.165) is 17.2 Å². The fourth-order valence-corrected chi connectivity index (χ4v) is 1.71. The predicted molar refractivity (Wildman–Crippen MR) is 78.9 cm³/mol. The van der Waals surface area contributed by atoms with Crippen LogP contribution in [0.15, 0.2) is 30.6 Å². The molecule has 0 aliphatic carbocycles. The molecule has 0 saturated heterocycles. The Hall–Kier alpha value is -2.17. The predicted octanol–water partition coefficient (Wildman–Crippen LogP) is 3.01. The highest BCUT2D eigenvalue weighted by atomic mass is 16.5. The monoisotopic (exact) mass is 272 g/mol. The smallest absolute Gasteiger partial charge is 0.218 e. The molecule has 0 spiro atoms. The molecule has 0 aliphatic heterocycles. The molecule has 106 valence electrons. The largest absolute Gasteiger partial charge is 0.478 e. The van der Waals surface area contributed by atoms with Gasteiger partial charge in [0.25, 0.3) is 0 Å². The van der Waals surface area contributed by atoms with E-state index in [2.05, 4.69) is 34.1 Å². The van der Waals surface area contributed by atoms with Gasteiger partial charge in [-0.2, -0.15) is 4.98 Å². The second-order valence-electron chi connectivity index (χ2n) is 4.75. The molecule has 0 aromatic carbocycles. The average Bonchev–Trinajstić information content (AvgIpc) is 2.46. The minimum Gasteiger partial charge on any atom is -0.478 e.